The number of rotatable bonds is 10. The Labute approximate surface area is 222 Å². The number of ether oxygens (including phenoxy) is 1. The molecule has 0 aliphatic carbocycles. The number of carbonyl (C=O) groups excluding carboxylic acids is 2. The van der Waals surface area contributed by atoms with Crippen LogP contribution in [0, 0.1) is 23.3 Å². The van der Waals surface area contributed by atoms with Gasteiger partial charge in [0.15, 0.2) is 23.2 Å². The molecule has 7 nitrogen and oxygen atoms in total. The van der Waals surface area contributed by atoms with Crippen LogP contribution in [-0.2, 0) is 21.5 Å². The number of Topliss-reactive ketones (excluding diaryl/α,β-unsaturated/α-hetero) is 1. The van der Waals surface area contributed by atoms with Crippen molar-refractivity contribution in [1.82, 2.24) is 15.1 Å². The van der Waals surface area contributed by atoms with E-state index in [-0.39, 0.29) is 30.0 Å². The van der Waals surface area contributed by atoms with Crippen molar-refractivity contribution in [3.05, 3.63) is 92.9 Å². The Kier molecular flexibility index (Phi) is 9.26. The number of aromatic nitrogens is 2. The third-order valence-electron chi connectivity index (χ3n) is 6.08. The molecule has 1 unspecified atom stereocenters. The molecule has 0 saturated carbocycles. The first-order valence-electron chi connectivity index (χ1n) is 12.2. The van der Waals surface area contributed by atoms with E-state index in [1.807, 2.05) is 24.3 Å². The fourth-order valence-corrected chi connectivity index (χ4v) is 3.89. The summed E-state index contributed by atoms with van der Waals surface area (Å²) in [5.41, 5.74) is 1.59. The molecule has 1 N–H and O–H groups in total. The van der Waals surface area contributed by atoms with Crippen molar-refractivity contribution in [3.8, 4) is 5.75 Å². The molecule has 3 aromatic rings. The Morgan fingerprint density at radius 3 is 2.33 bits per heavy atom. The number of nitrogens with zero attached hydrogens (tertiary/aromatic N) is 2. The number of nitrogens with one attached hydrogen (secondary N) is 1. The summed E-state index contributed by atoms with van der Waals surface area (Å²) in [6.07, 6.45) is 1.65. The molecule has 0 spiro atoms. The van der Waals surface area contributed by atoms with Gasteiger partial charge in [-0.25, -0.2) is 13.5 Å². The second kappa shape index (κ2) is 12.2. The highest BCUT2D eigenvalue weighted by Gasteiger charge is 2.25. The number of carbonyl (C=O) groups is 2. The second-order valence-corrected chi connectivity index (χ2v) is 10.0. The summed E-state index contributed by atoms with van der Waals surface area (Å²) in [7, 11) is 0. The van der Waals surface area contributed by atoms with Gasteiger partial charge in [0.05, 0.1) is 19.0 Å². The van der Waals surface area contributed by atoms with E-state index in [0.717, 1.165) is 11.1 Å². The zero-order chi connectivity index (χ0) is 28.9. The molecule has 1 heterocycles. The average Bonchev–Trinajstić information content (AvgIpc) is 2.88. The Balaban J connectivity index is 1.68. The van der Waals surface area contributed by atoms with E-state index in [4.69, 9.17) is 0 Å². The summed E-state index contributed by atoms with van der Waals surface area (Å²) in [5.74, 6) is -10.7. The summed E-state index contributed by atoms with van der Waals surface area (Å²) in [6, 6.07) is 9.23. The van der Waals surface area contributed by atoms with E-state index < -0.39 is 65.3 Å². The van der Waals surface area contributed by atoms with Gasteiger partial charge in [-0.15, -0.1) is 0 Å². The first-order valence-corrected chi connectivity index (χ1v) is 12.2. The summed E-state index contributed by atoms with van der Waals surface area (Å²) >= 11 is 0. The van der Waals surface area contributed by atoms with E-state index >= 15 is 0 Å². The van der Waals surface area contributed by atoms with Crippen molar-refractivity contribution in [2.75, 3.05) is 13.2 Å². The monoisotopic (exact) mass is 547 g/mol. The van der Waals surface area contributed by atoms with Crippen LogP contribution in [0.25, 0.3) is 0 Å². The summed E-state index contributed by atoms with van der Waals surface area (Å²) in [6.45, 7) is 6.57. The van der Waals surface area contributed by atoms with Crippen LogP contribution in [0.4, 0.5) is 17.6 Å². The lowest BCUT2D eigenvalue weighted by Gasteiger charge is -2.20. The normalized spacial score (nSPS) is 12.2. The molecule has 1 aromatic heterocycles. The zero-order valence-corrected chi connectivity index (χ0v) is 22.0. The van der Waals surface area contributed by atoms with Gasteiger partial charge in [-0.3, -0.25) is 14.4 Å². The predicted molar refractivity (Wildman–Crippen MR) is 136 cm³/mol. The SMILES string of the molecule is CCC(C(=O)NCC(=O)COc1c(F)c(F)cc(F)c1F)c1ccnn(Cc2cccc(C(C)(C)C)c2)c1=O. The van der Waals surface area contributed by atoms with Crippen molar-refractivity contribution in [2.45, 2.75) is 52.0 Å². The highest BCUT2D eigenvalue weighted by molar-refractivity contribution is 5.89. The molecule has 208 valence electrons. The molecule has 1 atom stereocenters. The number of halogens is 4. The van der Waals surface area contributed by atoms with Gasteiger partial charge in [-0.2, -0.15) is 13.9 Å². The maximum atomic E-state index is 13.7. The first kappa shape index (κ1) is 29.5. The number of hydrogen-bond acceptors (Lipinski definition) is 5. The molecule has 2 aromatic carbocycles. The quantitative estimate of drug-likeness (QED) is 0.300. The highest BCUT2D eigenvalue weighted by atomic mass is 19.2. The van der Waals surface area contributed by atoms with E-state index in [1.54, 1.807) is 6.92 Å². The molecule has 1 amide bonds. The standard InChI is InChI=1S/C28H29F4N3O4/c1-5-19(26(37)33-13-18(36)15-39-25-23(31)21(29)12-22(30)24(25)32)20-9-10-34-35(27(20)38)14-16-7-6-8-17(11-16)28(2,3)4/h6-12,19H,5,13-15H2,1-4H3,(H,33,37). The van der Waals surface area contributed by atoms with Crippen LogP contribution in [0.2, 0.25) is 0 Å². The minimum Gasteiger partial charge on any atom is -0.479 e. The fourth-order valence-electron chi connectivity index (χ4n) is 3.89. The Morgan fingerprint density at radius 2 is 1.72 bits per heavy atom. The van der Waals surface area contributed by atoms with Gasteiger partial charge >= 0.3 is 0 Å². The Morgan fingerprint density at radius 1 is 1.05 bits per heavy atom. The van der Waals surface area contributed by atoms with E-state index in [9.17, 15) is 31.9 Å². The molecule has 0 fully saturated rings. The number of benzene rings is 2. The van der Waals surface area contributed by atoms with E-state index in [1.165, 1.54) is 16.9 Å². The summed E-state index contributed by atoms with van der Waals surface area (Å²) in [5, 5.41) is 6.51. The summed E-state index contributed by atoms with van der Waals surface area (Å²) < 4.78 is 59.9. The minimum atomic E-state index is -1.78. The van der Waals surface area contributed by atoms with Crippen LogP contribution in [0.1, 0.15) is 56.7 Å². The molecule has 0 aliphatic rings. The van der Waals surface area contributed by atoms with Crippen LogP contribution < -0.4 is 15.6 Å². The van der Waals surface area contributed by atoms with Crippen LogP contribution in [0.3, 0.4) is 0 Å². The van der Waals surface area contributed by atoms with Gasteiger partial charge in [-0.1, -0.05) is 52.0 Å². The lowest BCUT2D eigenvalue weighted by atomic mass is 9.86. The Hall–Kier alpha value is -4.02. The van der Waals surface area contributed by atoms with Crippen molar-refractivity contribution >= 4 is 11.7 Å². The molecule has 0 saturated heterocycles. The highest BCUT2D eigenvalue weighted by Crippen LogP contribution is 2.26. The molecule has 39 heavy (non-hydrogen) atoms. The molecule has 0 radical (unpaired) electrons. The van der Waals surface area contributed by atoms with Crippen molar-refractivity contribution in [3.63, 3.8) is 0 Å². The van der Waals surface area contributed by atoms with Crippen LogP contribution in [0.5, 0.6) is 5.75 Å². The van der Waals surface area contributed by atoms with Gasteiger partial charge in [0.25, 0.3) is 5.56 Å². The number of ketones is 1. The third-order valence-corrected chi connectivity index (χ3v) is 6.08. The van der Waals surface area contributed by atoms with Crippen molar-refractivity contribution in [2.24, 2.45) is 0 Å². The zero-order valence-electron chi connectivity index (χ0n) is 22.0. The molecule has 0 aliphatic heterocycles. The molecule has 3 rings (SSSR count). The van der Waals surface area contributed by atoms with E-state index in [2.05, 4.69) is 35.9 Å². The van der Waals surface area contributed by atoms with Crippen LogP contribution in [0.15, 0.2) is 47.4 Å². The fraction of sp³-hybridized carbons (Fsp3) is 0.357. The van der Waals surface area contributed by atoms with Crippen LogP contribution in [-0.4, -0.2) is 34.6 Å². The van der Waals surface area contributed by atoms with Gasteiger partial charge in [0, 0.05) is 17.8 Å². The lowest BCUT2D eigenvalue weighted by molar-refractivity contribution is -0.127. The van der Waals surface area contributed by atoms with Gasteiger partial charge in [0.2, 0.25) is 17.5 Å². The smallest absolute Gasteiger partial charge is 0.271 e. The first-order chi connectivity index (χ1) is 18.3. The topological polar surface area (TPSA) is 90.3 Å². The summed E-state index contributed by atoms with van der Waals surface area (Å²) in [4.78, 5) is 38.1. The predicted octanol–water partition coefficient (Wildman–Crippen LogP) is 4.40. The van der Waals surface area contributed by atoms with E-state index in [0.29, 0.717) is 0 Å². The minimum absolute atomic E-state index is 0.0144. The van der Waals surface area contributed by atoms with Gasteiger partial charge < -0.3 is 10.1 Å². The van der Waals surface area contributed by atoms with Crippen molar-refractivity contribution < 1.29 is 31.9 Å². The van der Waals surface area contributed by atoms with Crippen LogP contribution >= 0.6 is 0 Å². The maximum Gasteiger partial charge on any atom is 0.271 e. The molecule has 0 bridgehead atoms. The molecule has 11 heteroatoms. The van der Waals surface area contributed by atoms with Gasteiger partial charge in [0.1, 0.15) is 6.61 Å². The Bertz CT molecular complexity index is 1410. The molecular formula is C28H29F4N3O4. The van der Waals surface area contributed by atoms with Crippen molar-refractivity contribution in [1.29, 1.82) is 0 Å². The third kappa shape index (κ3) is 7.10. The number of amides is 1. The number of hydrogen-bond donors (Lipinski definition) is 1. The molecular weight excluding hydrogens is 518 g/mol. The second-order valence-electron chi connectivity index (χ2n) is 10.0. The maximum absolute atomic E-state index is 13.7. The largest absolute Gasteiger partial charge is 0.479 e. The van der Waals surface area contributed by atoms with Gasteiger partial charge in [-0.05, 0) is 29.0 Å². The average molecular weight is 548 g/mol. The lowest BCUT2D eigenvalue weighted by Crippen LogP contribution is -2.38.